The highest BCUT2D eigenvalue weighted by molar-refractivity contribution is 5.93. The smallest absolute Gasteiger partial charge is 0.257 e. The molecule has 0 radical (unpaired) electrons. The molecule has 1 atom stereocenters. The largest absolute Gasteiger partial charge is 0.337 e. The van der Waals surface area contributed by atoms with Gasteiger partial charge in [0.1, 0.15) is 0 Å². The summed E-state index contributed by atoms with van der Waals surface area (Å²) in [6, 6.07) is 8.28. The van der Waals surface area contributed by atoms with E-state index in [1.807, 2.05) is 49.3 Å². The van der Waals surface area contributed by atoms with Gasteiger partial charge in [-0.1, -0.05) is 18.2 Å². The predicted octanol–water partition coefficient (Wildman–Crippen LogP) is 2.04. The van der Waals surface area contributed by atoms with Gasteiger partial charge in [0.25, 0.3) is 5.91 Å². The van der Waals surface area contributed by atoms with Gasteiger partial charge >= 0.3 is 0 Å². The van der Waals surface area contributed by atoms with Crippen LogP contribution in [0.2, 0.25) is 0 Å². The first-order valence-corrected chi connectivity index (χ1v) is 7.25. The Kier molecular flexibility index (Phi) is 5.21. The molecule has 2 heterocycles. The summed E-state index contributed by atoms with van der Waals surface area (Å²) in [5, 5.41) is 7.61. The normalized spacial score (nSPS) is 17.1. The van der Waals surface area contributed by atoms with E-state index in [0.29, 0.717) is 5.56 Å². The van der Waals surface area contributed by atoms with E-state index in [-0.39, 0.29) is 24.4 Å². The number of halogens is 1. The second-order valence-electron chi connectivity index (χ2n) is 5.52. The third kappa shape index (κ3) is 3.15. The van der Waals surface area contributed by atoms with Crippen molar-refractivity contribution >= 4 is 18.3 Å². The number of aromatic nitrogens is 2. The number of nitrogens with zero attached hydrogens (tertiary/aromatic N) is 3. The maximum atomic E-state index is 12.5. The monoisotopic (exact) mass is 320 g/mol. The molecule has 0 aliphatic carbocycles. The van der Waals surface area contributed by atoms with Crippen molar-refractivity contribution in [1.29, 1.82) is 0 Å². The average molecular weight is 321 g/mol. The summed E-state index contributed by atoms with van der Waals surface area (Å²) in [4.78, 5) is 14.3. The van der Waals surface area contributed by atoms with E-state index in [1.54, 1.807) is 10.9 Å². The lowest BCUT2D eigenvalue weighted by molar-refractivity contribution is 0.0744. The highest BCUT2D eigenvalue weighted by Crippen LogP contribution is 2.15. The molecule has 1 aromatic carbocycles. The van der Waals surface area contributed by atoms with Gasteiger partial charge in [0.2, 0.25) is 0 Å². The molecule has 1 aromatic heterocycles. The quantitative estimate of drug-likeness (QED) is 0.941. The first kappa shape index (κ1) is 16.5. The van der Waals surface area contributed by atoms with E-state index >= 15 is 0 Å². The minimum Gasteiger partial charge on any atom is -0.337 e. The number of nitrogens with one attached hydrogen (secondary N) is 1. The molecule has 0 spiro atoms. The lowest BCUT2D eigenvalue weighted by Gasteiger charge is -2.23. The maximum absolute atomic E-state index is 12.5. The fraction of sp³-hybridized carbons (Fsp3) is 0.375. The van der Waals surface area contributed by atoms with Crippen LogP contribution in [0.4, 0.5) is 0 Å². The second kappa shape index (κ2) is 6.94. The van der Waals surface area contributed by atoms with Gasteiger partial charge in [-0.2, -0.15) is 5.10 Å². The second-order valence-corrected chi connectivity index (χ2v) is 5.52. The molecule has 1 amide bonds. The minimum atomic E-state index is 0. The summed E-state index contributed by atoms with van der Waals surface area (Å²) in [5.41, 5.74) is 2.77. The van der Waals surface area contributed by atoms with Crippen LogP contribution in [0.1, 0.15) is 22.3 Å². The Morgan fingerprint density at radius 1 is 1.41 bits per heavy atom. The van der Waals surface area contributed by atoms with Crippen LogP contribution >= 0.6 is 12.4 Å². The predicted molar refractivity (Wildman–Crippen MR) is 88.9 cm³/mol. The van der Waals surface area contributed by atoms with E-state index in [4.69, 9.17) is 0 Å². The first-order valence-electron chi connectivity index (χ1n) is 7.25. The molecular weight excluding hydrogens is 300 g/mol. The van der Waals surface area contributed by atoms with E-state index in [2.05, 4.69) is 10.4 Å². The van der Waals surface area contributed by atoms with Crippen LogP contribution in [0, 0.1) is 6.92 Å². The molecule has 1 fully saturated rings. The molecule has 5 nitrogen and oxygen atoms in total. The lowest BCUT2D eigenvalue weighted by Crippen LogP contribution is -2.38. The number of likely N-dealkylation sites (N-methyl/N-ethyl adjacent to an activating group) is 1. The van der Waals surface area contributed by atoms with Crippen molar-refractivity contribution in [3.63, 3.8) is 0 Å². The Hall–Kier alpha value is -1.85. The maximum Gasteiger partial charge on any atom is 0.257 e. The van der Waals surface area contributed by atoms with Gasteiger partial charge in [0.15, 0.2) is 0 Å². The van der Waals surface area contributed by atoms with Crippen molar-refractivity contribution in [3.05, 3.63) is 47.8 Å². The Balaban J connectivity index is 0.00000176. The molecule has 1 saturated heterocycles. The Bertz CT molecular complexity index is 649. The number of rotatable bonds is 3. The molecule has 1 aliphatic heterocycles. The summed E-state index contributed by atoms with van der Waals surface area (Å²) in [7, 11) is 1.87. The van der Waals surface area contributed by atoms with Crippen molar-refractivity contribution < 1.29 is 4.79 Å². The number of hydrogen-bond acceptors (Lipinski definition) is 3. The van der Waals surface area contributed by atoms with E-state index in [0.717, 1.165) is 30.8 Å². The minimum absolute atomic E-state index is 0. The molecule has 1 aliphatic rings. The van der Waals surface area contributed by atoms with E-state index in [9.17, 15) is 4.79 Å². The van der Waals surface area contributed by atoms with Gasteiger partial charge in [-0.25, -0.2) is 4.68 Å². The van der Waals surface area contributed by atoms with E-state index < -0.39 is 0 Å². The number of aryl methyl sites for hydroxylation is 1. The van der Waals surface area contributed by atoms with Crippen LogP contribution < -0.4 is 5.32 Å². The van der Waals surface area contributed by atoms with Crippen LogP contribution in [-0.2, 0) is 0 Å². The molecule has 22 heavy (non-hydrogen) atoms. The highest BCUT2D eigenvalue weighted by atomic mass is 35.5. The Labute approximate surface area is 136 Å². The number of carbonyl (C=O) groups excluding carboxylic acids is 1. The average Bonchev–Trinajstić information content (AvgIpc) is 3.17. The zero-order valence-corrected chi connectivity index (χ0v) is 13.6. The molecule has 118 valence electrons. The number of hydrogen-bond donors (Lipinski definition) is 1. The zero-order chi connectivity index (χ0) is 14.8. The topological polar surface area (TPSA) is 50.2 Å². The summed E-state index contributed by atoms with van der Waals surface area (Å²) >= 11 is 0. The van der Waals surface area contributed by atoms with Crippen LogP contribution in [0.5, 0.6) is 0 Å². The van der Waals surface area contributed by atoms with Crippen molar-refractivity contribution in [2.75, 3.05) is 20.1 Å². The summed E-state index contributed by atoms with van der Waals surface area (Å²) in [6.07, 6.45) is 4.46. The van der Waals surface area contributed by atoms with Gasteiger partial charge in [0, 0.05) is 25.8 Å². The molecule has 1 N–H and O–H groups in total. The van der Waals surface area contributed by atoms with Crippen molar-refractivity contribution in [1.82, 2.24) is 20.0 Å². The fourth-order valence-corrected chi connectivity index (χ4v) is 2.72. The Morgan fingerprint density at radius 2 is 2.18 bits per heavy atom. The number of para-hydroxylation sites is 1. The standard InChI is InChI=1S/C16H20N4O.ClH/c1-12-5-3-4-6-15(12)20-11-13(9-18-20)16(21)19(2)14-7-8-17-10-14;/h3-6,9,11,14,17H,7-8,10H2,1-2H3;1H. The van der Waals surface area contributed by atoms with Gasteiger partial charge in [0.05, 0.1) is 17.4 Å². The van der Waals surface area contributed by atoms with Gasteiger partial charge in [-0.3, -0.25) is 4.79 Å². The Morgan fingerprint density at radius 3 is 2.86 bits per heavy atom. The summed E-state index contributed by atoms with van der Waals surface area (Å²) < 4.78 is 1.77. The van der Waals surface area contributed by atoms with Crippen molar-refractivity contribution in [3.8, 4) is 5.69 Å². The van der Waals surface area contributed by atoms with Gasteiger partial charge < -0.3 is 10.2 Å². The van der Waals surface area contributed by atoms with Crippen molar-refractivity contribution in [2.24, 2.45) is 0 Å². The molecule has 0 bridgehead atoms. The highest BCUT2D eigenvalue weighted by Gasteiger charge is 2.24. The third-order valence-corrected chi connectivity index (χ3v) is 4.09. The molecule has 3 rings (SSSR count). The van der Waals surface area contributed by atoms with Crippen molar-refractivity contribution in [2.45, 2.75) is 19.4 Å². The fourth-order valence-electron chi connectivity index (χ4n) is 2.72. The molecular formula is C16H21ClN4O. The lowest BCUT2D eigenvalue weighted by atomic mass is 10.2. The van der Waals surface area contributed by atoms with Crippen LogP contribution in [0.25, 0.3) is 5.69 Å². The van der Waals surface area contributed by atoms with Crippen LogP contribution in [0.15, 0.2) is 36.7 Å². The van der Waals surface area contributed by atoms with E-state index in [1.165, 1.54) is 0 Å². The zero-order valence-electron chi connectivity index (χ0n) is 12.8. The molecule has 6 heteroatoms. The number of amides is 1. The summed E-state index contributed by atoms with van der Waals surface area (Å²) in [6.45, 7) is 3.88. The van der Waals surface area contributed by atoms with Crippen LogP contribution in [-0.4, -0.2) is 46.8 Å². The third-order valence-electron chi connectivity index (χ3n) is 4.09. The SMILES string of the molecule is Cc1ccccc1-n1cc(C(=O)N(C)C2CCNC2)cn1.Cl. The van der Waals surface area contributed by atoms with Crippen LogP contribution in [0.3, 0.4) is 0 Å². The molecule has 0 saturated carbocycles. The molecule has 2 aromatic rings. The van der Waals surface area contributed by atoms with Gasteiger partial charge in [-0.05, 0) is 31.5 Å². The first-order chi connectivity index (χ1) is 10.2. The number of carbonyl (C=O) groups is 1. The number of benzene rings is 1. The van der Waals surface area contributed by atoms with Gasteiger partial charge in [-0.15, -0.1) is 12.4 Å². The molecule has 1 unspecified atom stereocenters. The summed E-state index contributed by atoms with van der Waals surface area (Å²) in [5.74, 6) is 0.0311.